The summed E-state index contributed by atoms with van der Waals surface area (Å²) in [7, 11) is 0. The van der Waals surface area contributed by atoms with Crippen molar-refractivity contribution in [2.45, 2.75) is 40.0 Å². The second-order valence-corrected chi connectivity index (χ2v) is 5.49. The van der Waals surface area contributed by atoms with E-state index in [2.05, 4.69) is 19.2 Å². The molecule has 0 aliphatic carbocycles. The number of allylic oxidation sites excluding steroid dienone is 4. The fourth-order valence-electron chi connectivity index (χ4n) is 2.55. The summed E-state index contributed by atoms with van der Waals surface area (Å²) in [5.74, 6) is -0.207. The molecular weight excluding hydrogens is 273 g/mol. The zero-order valence-corrected chi connectivity index (χ0v) is 13.9. The molecule has 0 spiro atoms. The van der Waals surface area contributed by atoms with Crippen LogP contribution in [0.15, 0.2) is 60.4 Å². The molecule has 2 N–H and O–H groups in total. The minimum absolute atomic E-state index is 0.207. The number of hydrogen-bond acceptors (Lipinski definition) is 1. The minimum atomic E-state index is -0.207. The van der Waals surface area contributed by atoms with E-state index in [-0.39, 0.29) is 5.82 Å². The molecule has 0 aromatic heterocycles. The Labute approximate surface area is 133 Å². The standard InChI is InChI=1S/C20H26FN/c1-6-17(18(7-2)15(5)22)10-8-9-16-11-12-20(21)19(13-16)14(3)4/h6-7,11-13H,3,5,8-10,22H2,1-2,4H3/b17-6-,18-7-. The van der Waals surface area contributed by atoms with Crippen LogP contribution in [0.3, 0.4) is 0 Å². The number of rotatable bonds is 7. The Morgan fingerprint density at radius 3 is 2.41 bits per heavy atom. The third-order valence-corrected chi connectivity index (χ3v) is 3.73. The van der Waals surface area contributed by atoms with Crippen LogP contribution in [-0.4, -0.2) is 0 Å². The topological polar surface area (TPSA) is 26.0 Å². The van der Waals surface area contributed by atoms with E-state index in [0.29, 0.717) is 11.3 Å². The van der Waals surface area contributed by atoms with Gasteiger partial charge in [-0.25, -0.2) is 4.39 Å². The normalized spacial score (nSPS) is 12.4. The number of hydrogen-bond donors (Lipinski definition) is 1. The molecule has 1 aromatic carbocycles. The largest absolute Gasteiger partial charge is 0.399 e. The predicted molar refractivity (Wildman–Crippen MR) is 94.9 cm³/mol. The van der Waals surface area contributed by atoms with Crippen molar-refractivity contribution in [2.24, 2.45) is 5.73 Å². The van der Waals surface area contributed by atoms with Crippen molar-refractivity contribution in [3.63, 3.8) is 0 Å². The van der Waals surface area contributed by atoms with Gasteiger partial charge in [-0.1, -0.05) is 31.4 Å². The van der Waals surface area contributed by atoms with Gasteiger partial charge in [0, 0.05) is 11.3 Å². The molecule has 0 amide bonds. The molecular formula is C20H26FN. The molecule has 1 nitrogen and oxygen atoms in total. The lowest BCUT2D eigenvalue weighted by molar-refractivity contribution is 0.622. The Bertz CT molecular complexity index is 621. The van der Waals surface area contributed by atoms with Crippen LogP contribution in [0.25, 0.3) is 5.57 Å². The summed E-state index contributed by atoms with van der Waals surface area (Å²) in [4.78, 5) is 0. The van der Waals surface area contributed by atoms with Crippen LogP contribution < -0.4 is 5.73 Å². The molecule has 22 heavy (non-hydrogen) atoms. The van der Waals surface area contributed by atoms with E-state index in [4.69, 9.17) is 5.73 Å². The van der Waals surface area contributed by atoms with E-state index in [9.17, 15) is 4.39 Å². The molecule has 118 valence electrons. The highest BCUT2D eigenvalue weighted by molar-refractivity contribution is 5.62. The molecule has 0 heterocycles. The quantitative estimate of drug-likeness (QED) is 0.657. The van der Waals surface area contributed by atoms with Gasteiger partial charge in [0.25, 0.3) is 0 Å². The third-order valence-electron chi connectivity index (χ3n) is 3.73. The van der Waals surface area contributed by atoms with Gasteiger partial charge in [0.05, 0.1) is 0 Å². The molecule has 2 heteroatoms. The first-order valence-corrected chi connectivity index (χ1v) is 7.61. The van der Waals surface area contributed by atoms with Crippen molar-refractivity contribution in [1.82, 2.24) is 0 Å². The zero-order valence-electron chi connectivity index (χ0n) is 13.9. The van der Waals surface area contributed by atoms with Crippen molar-refractivity contribution in [2.75, 3.05) is 0 Å². The summed E-state index contributed by atoms with van der Waals surface area (Å²) >= 11 is 0. The van der Waals surface area contributed by atoms with Crippen molar-refractivity contribution in [1.29, 1.82) is 0 Å². The molecule has 0 saturated heterocycles. The van der Waals surface area contributed by atoms with Crippen molar-refractivity contribution < 1.29 is 4.39 Å². The third kappa shape index (κ3) is 4.73. The number of nitrogens with two attached hydrogens (primary N) is 1. The summed E-state index contributed by atoms with van der Waals surface area (Å²) in [6, 6.07) is 5.26. The average Bonchev–Trinajstić information content (AvgIpc) is 2.47. The van der Waals surface area contributed by atoms with Crippen molar-refractivity contribution >= 4 is 5.57 Å². The first-order valence-electron chi connectivity index (χ1n) is 7.61. The van der Waals surface area contributed by atoms with Gasteiger partial charge in [0.1, 0.15) is 5.82 Å². The summed E-state index contributed by atoms with van der Waals surface area (Å²) in [6.45, 7) is 13.4. The van der Waals surface area contributed by atoms with Crippen molar-refractivity contribution in [3.05, 3.63) is 77.3 Å². The first-order chi connectivity index (χ1) is 10.4. The molecule has 0 aliphatic rings. The maximum absolute atomic E-state index is 13.7. The van der Waals surface area contributed by atoms with E-state index in [1.165, 1.54) is 11.6 Å². The fourth-order valence-corrected chi connectivity index (χ4v) is 2.55. The fraction of sp³-hybridized carbons (Fsp3) is 0.300. The van der Waals surface area contributed by atoms with Gasteiger partial charge in [-0.15, -0.1) is 0 Å². The Morgan fingerprint density at radius 2 is 1.91 bits per heavy atom. The first kappa shape index (κ1) is 18.0. The lowest BCUT2D eigenvalue weighted by Gasteiger charge is -2.12. The molecule has 0 atom stereocenters. The Morgan fingerprint density at radius 1 is 1.23 bits per heavy atom. The minimum Gasteiger partial charge on any atom is -0.399 e. The second-order valence-electron chi connectivity index (χ2n) is 5.49. The molecule has 0 saturated carbocycles. The molecule has 0 unspecified atom stereocenters. The van der Waals surface area contributed by atoms with Gasteiger partial charge >= 0.3 is 0 Å². The zero-order chi connectivity index (χ0) is 16.7. The van der Waals surface area contributed by atoms with Crippen LogP contribution in [-0.2, 0) is 6.42 Å². The van der Waals surface area contributed by atoms with Gasteiger partial charge in [0.15, 0.2) is 0 Å². The maximum Gasteiger partial charge on any atom is 0.130 e. The van der Waals surface area contributed by atoms with Crippen LogP contribution >= 0.6 is 0 Å². The van der Waals surface area contributed by atoms with Crippen LogP contribution in [0.5, 0.6) is 0 Å². The van der Waals surface area contributed by atoms with Gasteiger partial charge < -0.3 is 5.73 Å². The SMILES string of the molecule is C=C(N)C(=C/C)/C(=C\C)CCCc1ccc(F)c(C(=C)C)c1. The lowest BCUT2D eigenvalue weighted by Crippen LogP contribution is -2.02. The van der Waals surface area contributed by atoms with Gasteiger partial charge in [-0.05, 0) is 74.4 Å². The average molecular weight is 299 g/mol. The summed E-state index contributed by atoms with van der Waals surface area (Å²) in [6.07, 6.45) is 6.87. The smallest absolute Gasteiger partial charge is 0.130 e. The van der Waals surface area contributed by atoms with Crippen LogP contribution in [0.2, 0.25) is 0 Å². The van der Waals surface area contributed by atoms with E-state index in [1.807, 2.05) is 39.0 Å². The summed E-state index contributed by atoms with van der Waals surface area (Å²) in [5.41, 5.74) is 11.1. The second kappa shape index (κ2) is 8.38. The van der Waals surface area contributed by atoms with E-state index in [1.54, 1.807) is 0 Å². The molecule has 0 aliphatic heterocycles. The van der Waals surface area contributed by atoms with E-state index < -0.39 is 0 Å². The van der Waals surface area contributed by atoms with Gasteiger partial charge in [-0.3, -0.25) is 0 Å². The number of benzene rings is 1. The highest BCUT2D eigenvalue weighted by Crippen LogP contribution is 2.23. The molecule has 1 rings (SSSR count). The van der Waals surface area contributed by atoms with Crippen LogP contribution in [0.1, 0.15) is 44.7 Å². The Hall–Kier alpha value is -2.09. The van der Waals surface area contributed by atoms with Gasteiger partial charge in [0.2, 0.25) is 0 Å². The summed E-state index contributed by atoms with van der Waals surface area (Å²) < 4.78 is 13.7. The summed E-state index contributed by atoms with van der Waals surface area (Å²) in [5, 5.41) is 0. The Balaban J connectivity index is 2.73. The molecule has 0 fully saturated rings. The Kier molecular flexibility index (Phi) is 6.84. The van der Waals surface area contributed by atoms with E-state index in [0.717, 1.165) is 36.0 Å². The van der Waals surface area contributed by atoms with Crippen molar-refractivity contribution in [3.8, 4) is 0 Å². The molecule has 0 radical (unpaired) electrons. The maximum atomic E-state index is 13.7. The van der Waals surface area contributed by atoms with E-state index >= 15 is 0 Å². The van der Waals surface area contributed by atoms with Crippen LogP contribution in [0.4, 0.5) is 4.39 Å². The van der Waals surface area contributed by atoms with Gasteiger partial charge in [-0.2, -0.15) is 0 Å². The molecule has 0 bridgehead atoms. The lowest BCUT2D eigenvalue weighted by atomic mass is 9.95. The number of halogens is 1. The monoisotopic (exact) mass is 299 g/mol. The van der Waals surface area contributed by atoms with Crippen LogP contribution in [0, 0.1) is 5.82 Å². The highest BCUT2D eigenvalue weighted by Gasteiger charge is 2.07. The predicted octanol–water partition coefficient (Wildman–Crippen LogP) is 5.55. The number of aryl methyl sites for hydroxylation is 1. The highest BCUT2D eigenvalue weighted by atomic mass is 19.1. The molecule has 1 aromatic rings.